The average molecular weight is 591 g/mol. The summed E-state index contributed by atoms with van der Waals surface area (Å²) in [6, 6.07) is 24.9. The Labute approximate surface area is 260 Å². The summed E-state index contributed by atoms with van der Waals surface area (Å²) >= 11 is 0. The fourth-order valence-electron chi connectivity index (χ4n) is 7.38. The zero-order valence-corrected chi connectivity index (χ0v) is 25.7. The minimum Gasteiger partial charge on any atom is -0.507 e. The summed E-state index contributed by atoms with van der Waals surface area (Å²) in [5, 5.41) is 13.7. The molecule has 1 aliphatic carbocycles. The Kier molecular flexibility index (Phi) is 8.99. The molecule has 3 aromatic rings. The lowest BCUT2D eigenvalue weighted by Gasteiger charge is -2.32. The summed E-state index contributed by atoms with van der Waals surface area (Å²) in [4.78, 5) is 29.3. The average Bonchev–Trinajstić information content (AvgIpc) is 3.56. The van der Waals surface area contributed by atoms with Gasteiger partial charge in [-0.3, -0.25) is 14.5 Å². The zero-order chi connectivity index (χ0) is 30.6. The second-order valence-electron chi connectivity index (χ2n) is 12.3. The van der Waals surface area contributed by atoms with Crippen molar-refractivity contribution in [2.45, 2.75) is 64.9 Å². The number of para-hydroxylation sites is 2. The Morgan fingerprint density at radius 3 is 2.34 bits per heavy atom. The van der Waals surface area contributed by atoms with Gasteiger partial charge in [-0.25, -0.2) is 0 Å². The molecule has 0 saturated carbocycles. The first-order valence-corrected chi connectivity index (χ1v) is 16.1. The van der Waals surface area contributed by atoms with Crippen LogP contribution in [0.4, 0.5) is 17.1 Å². The molecule has 2 heterocycles. The van der Waals surface area contributed by atoms with Crippen LogP contribution in [-0.2, 0) is 14.3 Å². The summed E-state index contributed by atoms with van der Waals surface area (Å²) in [6.45, 7) is 4.83. The normalized spacial score (nSPS) is 23.2. The number of benzene rings is 3. The van der Waals surface area contributed by atoms with Crippen LogP contribution in [0.2, 0.25) is 0 Å². The lowest BCUT2D eigenvalue weighted by atomic mass is 9.68. The molecule has 0 spiro atoms. The summed E-state index contributed by atoms with van der Waals surface area (Å²) in [5.41, 5.74) is 7.22. The summed E-state index contributed by atoms with van der Waals surface area (Å²) in [6.07, 6.45) is 8.28. The number of rotatable bonds is 11. The molecule has 6 nitrogen and oxygen atoms in total. The Bertz CT molecular complexity index is 1560. The highest BCUT2D eigenvalue weighted by Gasteiger charge is 2.57. The van der Waals surface area contributed by atoms with Gasteiger partial charge in [0.25, 0.3) is 0 Å². The molecule has 2 amide bonds. The van der Waals surface area contributed by atoms with Crippen LogP contribution in [0, 0.1) is 17.8 Å². The Hall–Kier alpha value is -4.16. The minimum absolute atomic E-state index is 0.0487. The highest BCUT2D eigenvalue weighted by atomic mass is 16.5. The first-order valence-electron chi connectivity index (χ1n) is 16.1. The summed E-state index contributed by atoms with van der Waals surface area (Å²) < 4.78 is 6.46. The van der Waals surface area contributed by atoms with Crippen LogP contribution in [-0.4, -0.2) is 29.6 Å². The molecule has 3 aromatic carbocycles. The number of aromatic hydroxyl groups is 1. The zero-order valence-electron chi connectivity index (χ0n) is 25.7. The third-order valence-corrected chi connectivity index (χ3v) is 9.34. The van der Waals surface area contributed by atoms with E-state index in [4.69, 9.17) is 4.74 Å². The Balaban J connectivity index is 1.20. The molecule has 3 aliphatic rings. The van der Waals surface area contributed by atoms with E-state index in [0.717, 1.165) is 55.5 Å². The van der Waals surface area contributed by atoms with Gasteiger partial charge in [0.15, 0.2) is 0 Å². The number of phenolic OH excluding ortho intramolecular Hbond substituents is 1. The number of fused-ring (bicyclic) bond motifs is 3. The van der Waals surface area contributed by atoms with Crippen molar-refractivity contribution < 1.29 is 19.4 Å². The molecule has 0 bridgehead atoms. The van der Waals surface area contributed by atoms with Gasteiger partial charge in [0.2, 0.25) is 11.8 Å². The number of ether oxygens (including phenoxy) is 1. The van der Waals surface area contributed by atoms with Crippen LogP contribution in [0.25, 0.3) is 6.08 Å². The predicted octanol–water partition coefficient (Wildman–Crippen LogP) is 8.42. The molecule has 4 atom stereocenters. The smallest absolute Gasteiger partial charge is 0.238 e. The van der Waals surface area contributed by atoms with Gasteiger partial charge in [-0.05, 0) is 80.1 Å². The third kappa shape index (κ3) is 5.96. The maximum atomic E-state index is 14.0. The van der Waals surface area contributed by atoms with Gasteiger partial charge in [-0.1, -0.05) is 80.3 Å². The maximum Gasteiger partial charge on any atom is 0.238 e. The number of hydrogen-bond acceptors (Lipinski definition) is 5. The number of nitrogens with one attached hydrogen (secondary N) is 1. The fraction of sp³-hybridized carbons (Fsp3) is 0.368. The van der Waals surface area contributed by atoms with Gasteiger partial charge in [-0.15, -0.1) is 0 Å². The summed E-state index contributed by atoms with van der Waals surface area (Å²) in [5.74, 6) is -0.665. The second kappa shape index (κ2) is 13.2. The van der Waals surface area contributed by atoms with E-state index in [1.807, 2.05) is 72.8 Å². The highest BCUT2D eigenvalue weighted by Crippen LogP contribution is 2.51. The largest absolute Gasteiger partial charge is 0.507 e. The number of hydrogen-bond donors (Lipinski definition) is 2. The predicted molar refractivity (Wildman–Crippen MR) is 176 cm³/mol. The van der Waals surface area contributed by atoms with E-state index >= 15 is 0 Å². The van der Waals surface area contributed by atoms with Gasteiger partial charge in [0.05, 0.1) is 30.2 Å². The quantitative estimate of drug-likeness (QED) is 0.173. The monoisotopic (exact) mass is 590 g/mol. The number of carbonyl (C=O) groups excluding carboxylic acids is 2. The number of amides is 2. The van der Waals surface area contributed by atoms with E-state index in [2.05, 4.69) is 25.2 Å². The molecule has 2 N–H and O–H groups in total. The van der Waals surface area contributed by atoms with E-state index in [-0.39, 0.29) is 35.7 Å². The molecule has 0 unspecified atom stereocenters. The van der Waals surface area contributed by atoms with Crippen LogP contribution < -0.4 is 10.2 Å². The first-order chi connectivity index (χ1) is 21.5. The van der Waals surface area contributed by atoms with Crippen molar-refractivity contribution in [2.75, 3.05) is 16.8 Å². The molecule has 2 saturated heterocycles. The molecule has 0 radical (unpaired) electrons. The van der Waals surface area contributed by atoms with Crippen LogP contribution >= 0.6 is 0 Å². The van der Waals surface area contributed by atoms with E-state index in [0.29, 0.717) is 24.5 Å². The number of phenols is 1. The standard InChI is InChI=1S/C38H42N2O4/c1-3-10-25(22-26-12-8-9-15-33(26)41)16-21-34-35-27(11-4-2)23-31-36(32(35)24-44-34)38(43)40(37(31)42)30-19-17-29(18-20-30)39-28-13-6-5-7-14-28/h5-9,12-15,17-20,22,31-32,34,36,39,41H,3-4,10-11,16,21,23-24H2,1-2H3/b25-22+/t31-,32+,34-,36-/m1/s1. The molecule has 228 valence electrons. The molecule has 6 rings (SSSR count). The lowest BCUT2D eigenvalue weighted by Crippen LogP contribution is -2.34. The fourth-order valence-corrected chi connectivity index (χ4v) is 7.38. The van der Waals surface area contributed by atoms with Gasteiger partial charge in [0, 0.05) is 22.9 Å². The van der Waals surface area contributed by atoms with Crippen LogP contribution in [0.1, 0.15) is 64.4 Å². The molecule has 6 heteroatoms. The van der Waals surface area contributed by atoms with Crippen molar-refractivity contribution in [1.82, 2.24) is 0 Å². The number of nitrogens with zero attached hydrogens (tertiary/aromatic N) is 1. The van der Waals surface area contributed by atoms with Gasteiger partial charge >= 0.3 is 0 Å². The second-order valence-corrected chi connectivity index (χ2v) is 12.3. The Morgan fingerprint density at radius 1 is 0.886 bits per heavy atom. The first kappa shape index (κ1) is 29.9. The number of allylic oxidation sites excluding steroid dienone is 2. The van der Waals surface area contributed by atoms with Crippen molar-refractivity contribution in [3.8, 4) is 5.75 Å². The number of imide groups is 1. The SMILES string of the molecule is CCCC1=C2[C@@H](CC/C(=C/c3ccccc3O)CCC)OC[C@@H]2[C@@H]2C(=O)N(c3ccc(Nc4ccccc4)cc3)C(=O)[C@@H]2C1. The van der Waals surface area contributed by atoms with E-state index in [9.17, 15) is 14.7 Å². The molecule has 2 aliphatic heterocycles. The van der Waals surface area contributed by atoms with Crippen molar-refractivity contribution in [1.29, 1.82) is 0 Å². The van der Waals surface area contributed by atoms with Crippen molar-refractivity contribution in [3.05, 3.63) is 101 Å². The molecule has 2 fully saturated rings. The van der Waals surface area contributed by atoms with Crippen LogP contribution in [0.15, 0.2) is 95.6 Å². The van der Waals surface area contributed by atoms with Crippen molar-refractivity contribution in [3.63, 3.8) is 0 Å². The lowest BCUT2D eigenvalue weighted by molar-refractivity contribution is -0.122. The van der Waals surface area contributed by atoms with Gasteiger partial charge in [0.1, 0.15) is 5.75 Å². The minimum atomic E-state index is -0.378. The summed E-state index contributed by atoms with van der Waals surface area (Å²) in [7, 11) is 0. The topological polar surface area (TPSA) is 78.9 Å². The van der Waals surface area contributed by atoms with Crippen LogP contribution in [0.5, 0.6) is 5.75 Å². The highest BCUT2D eigenvalue weighted by molar-refractivity contribution is 6.22. The molecule has 44 heavy (non-hydrogen) atoms. The maximum absolute atomic E-state index is 14.0. The molecule has 0 aromatic heterocycles. The van der Waals surface area contributed by atoms with Gasteiger partial charge in [-0.2, -0.15) is 0 Å². The van der Waals surface area contributed by atoms with E-state index in [1.165, 1.54) is 21.6 Å². The van der Waals surface area contributed by atoms with E-state index in [1.54, 1.807) is 6.07 Å². The van der Waals surface area contributed by atoms with Gasteiger partial charge < -0.3 is 15.2 Å². The number of carbonyl (C=O) groups is 2. The third-order valence-electron chi connectivity index (χ3n) is 9.34. The number of anilines is 3. The van der Waals surface area contributed by atoms with Crippen LogP contribution in [0.3, 0.4) is 0 Å². The van der Waals surface area contributed by atoms with Crippen molar-refractivity contribution in [2.24, 2.45) is 17.8 Å². The molecular formula is C38H42N2O4. The Morgan fingerprint density at radius 2 is 1.61 bits per heavy atom. The van der Waals surface area contributed by atoms with Crippen molar-refractivity contribution >= 4 is 35.0 Å². The van der Waals surface area contributed by atoms with E-state index < -0.39 is 0 Å². The molecular weight excluding hydrogens is 548 g/mol.